The number of hydrogen-bond acceptors (Lipinski definition) is 5. The van der Waals surface area contributed by atoms with E-state index in [1.807, 2.05) is 0 Å². The van der Waals surface area contributed by atoms with Crippen LogP contribution in [0.15, 0.2) is 35.9 Å². The van der Waals surface area contributed by atoms with Crippen LogP contribution in [-0.4, -0.2) is 43.6 Å². The fourth-order valence-corrected chi connectivity index (χ4v) is 2.99. The Kier molecular flexibility index (Phi) is 5.11. The van der Waals surface area contributed by atoms with Gasteiger partial charge in [-0.25, -0.2) is 0 Å². The van der Waals surface area contributed by atoms with E-state index in [1.165, 1.54) is 17.8 Å². The van der Waals surface area contributed by atoms with Gasteiger partial charge in [-0.05, 0) is 6.08 Å². The Morgan fingerprint density at radius 3 is 2.40 bits per heavy atom. The molecule has 0 radical (unpaired) electrons. The minimum absolute atomic E-state index is 0.0703. The molecule has 0 spiro atoms. The second-order valence-electron chi connectivity index (χ2n) is 4.32. The van der Waals surface area contributed by atoms with Crippen LogP contribution in [-0.2, 0) is 9.47 Å². The van der Waals surface area contributed by atoms with Crippen molar-refractivity contribution in [2.45, 2.75) is 6.29 Å². The van der Waals surface area contributed by atoms with Crippen molar-refractivity contribution in [1.82, 2.24) is 0 Å². The van der Waals surface area contributed by atoms with E-state index in [9.17, 15) is 9.59 Å². The molecular formula is C15H16O4S. The molecule has 5 heteroatoms. The quantitative estimate of drug-likeness (QED) is 0.753. The number of carbonyl (C=O) groups is 2. The summed E-state index contributed by atoms with van der Waals surface area (Å²) in [6.07, 6.45) is 1.13. The first-order valence-electron chi connectivity index (χ1n) is 6.19. The number of methoxy groups -OCH3 is 2. The standard InChI is InChI=1S/C15H16O4S/c1-18-14(19-2)9-20-8-10-7-13(16)11-5-3-4-6-12(11)15(10)17/h3-7,14H,8-9H2,1-2H3. The average molecular weight is 292 g/mol. The summed E-state index contributed by atoms with van der Waals surface area (Å²) in [4.78, 5) is 24.2. The van der Waals surface area contributed by atoms with Gasteiger partial charge in [-0.15, -0.1) is 0 Å². The minimum atomic E-state index is -0.303. The van der Waals surface area contributed by atoms with Crippen LogP contribution in [0.3, 0.4) is 0 Å². The van der Waals surface area contributed by atoms with Crippen molar-refractivity contribution in [3.63, 3.8) is 0 Å². The summed E-state index contributed by atoms with van der Waals surface area (Å²) in [5.41, 5.74) is 1.51. The molecule has 0 aliphatic heterocycles. The summed E-state index contributed by atoms with van der Waals surface area (Å²) < 4.78 is 10.2. The van der Waals surface area contributed by atoms with E-state index in [4.69, 9.17) is 9.47 Å². The summed E-state index contributed by atoms with van der Waals surface area (Å²) in [7, 11) is 3.14. The second kappa shape index (κ2) is 6.83. The molecule has 2 rings (SSSR count). The lowest BCUT2D eigenvalue weighted by Gasteiger charge is -2.16. The molecule has 0 saturated carbocycles. The molecule has 1 aromatic rings. The molecule has 0 unspecified atom stereocenters. The highest BCUT2D eigenvalue weighted by Gasteiger charge is 2.24. The molecule has 0 saturated heterocycles. The molecule has 4 nitrogen and oxygen atoms in total. The lowest BCUT2D eigenvalue weighted by molar-refractivity contribution is -0.0842. The van der Waals surface area contributed by atoms with E-state index >= 15 is 0 Å². The molecule has 0 N–H and O–H groups in total. The summed E-state index contributed by atoms with van der Waals surface area (Å²) in [6.45, 7) is 0. The lowest BCUT2D eigenvalue weighted by atomic mass is 9.90. The third-order valence-electron chi connectivity index (χ3n) is 3.07. The van der Waals surface area contributed by atoms with Crippen molar-refractivity contribution in [3.05, 3.63) is 47.0 Å². The largest absolute Gasteiger partial charge is 0.355 e. The number of Topliss-reactive ketones (excluding diaryl/α,β-unsaturated/α-hetero) is 1. The SMILES string of the molecule is COC(CSCC1=CC(=O)c2ccccc2C1=O)OC. The molecule has 0 fully saturated rings. The predicted octanol–water partition coefficient (Wildman–Crippen LogP) is 2.34. The maximum atomic E-state index is 12.3. The van der Waals surface area contributed by atoms with Gasteiger partial charge in [-0.1, -0.05) is 24.3 Å². The molecule has 0 bridgehead atoms. The lowest BCUT2D eigenvalue weighted by Crippen LogP contribution is -2.20. The smallest absolute Gasteiger partial charge is 0.190 e. The molecule has 1 aliphatic rings. The van der Waals surface area contributed by atoms with Crippen LogP contribution >= 0.6 is 11.8 Å². The predicted molar refractivity (Wildman–Crippen MR) is 78.3 cm³/mol. The number of ether oxygens (including phenoxy) is 2. The van der Waals surface area contributed by atoms with Crippen LogP contribution in [0.2, 0.25) is 0 Å². The number of ketones is 2. The second-order valence-corrected chi connectivity index (χ2v) is 5.35. The first kappa shape index (κ1) is 15.0. The fraction of sp³-hybridized carbons (Fsp3) is 0.333. The van der Waals surface area contributed by atoms with Crippen LogP contribution in [0.25, 0.3) is 0 Å². The van der Waals surface area contributed by atoms with Crippen molar-refractivity contribution in [2.24, 2.45) is 0 Å². The first-order chi connectivity index (χ1) is 9.67. The van der Waals surface area contributed by atoms with E-state index in [0.29, 0.717) is 28.2 Å². The molecule has 1 aliphatic carbocycles. The summed E-state index contributed by atoms with van der Waals surface area (Å²) in [5, 5.41) is 0. The molecule has 20 heavy (non-hydrogen) atoms. The van der Waals surface area contributed by atoms with Crippen molar-refractivity contribution in [3.8, 4) is 0 Å². The van der Waals surface area contributed by atoms with E-state index in [0.717, 1.165) is 0 Å². The van der Waals surface area contributed by atoms with Gasteiger partial charge in [-0.2, -0.15) is 11.8 Å². The highest BCUT2D eigenvalue weighted by Crippen LogP contribution is 2.23. The monoisotopic (exact) mass is 292 g/mol. The van der Waals surface area contributed by atoms with E-state index in [2.05, 4.69) is 0 Å². The van der Waals surface area contributed by atoms with Gasteiger partial charge in [-0.3, -0.25) is 9.59 Å². The Morgan fingerprint density at radius 1 is 1.10 bits per heavy atom. The number of rotatable bonds is 6. The molecule has 0 amide bonds. The van der Waals surface area contributed by atoms with Gasteiger partial charge in [0, 0.05) is 42.4 Å². The van der Waals surface area contributed by atoms with Gasteiger partial charge < -0.3 is 9.47 Å². The number of fused-ring (bicyclic) bond motifs is 1. The third kappa shape index (κ3) is 3.17. The van der Waals surface area contributed by atoms with Crippen LogP contribution in [0.1, 0.15) is 20.7 Å². The zero-order chi connectivity index (χ0) is 14.5. The molecule has 106 valence electrons. The van der Waals surface area contributed by atoms with Gasteiger partial charge in [0.05, 0.1) is 0 Å². The normalized spacial score (nSPS) is 14.4. The zero-order valence-electron chi connectivity index (χ0n) is 11.4. The average Bonchev–Trinajstić information content (AvgIpc) is 2.48. The van der Waals surface area contributed by atoms with Crippen LogP contribution in [0.4, 0.5) is 0 Å². The fourth-order valence-electron chi connectivity index (χ4n) is 1.98. The highest BCUT2D eigenvalue weighted by atomic mass is 32.2. The van der Waals surface area contributed by atoms with Crippen molar-refractivity contribution in [2.75, 3.05) is 25.7 Å². The Balaban J connectivity index is 2.04. The van der Waals surface area contributed by atoms with Gasteiger partial charge in [0.1, 0.15) is 0 Å². The van der Waals surface area contributed by atoms with Crippen molar-refractivity contribution in [1.29, 1.82) is 0 Å². The molecule has 0 heterocycles. The van der Waals surface area contributed by atoms with E-state index < -0.39 is 0 Å². The van der Waals surface area contributed by atoms with Gasteiger partial charge >= 0.3 is 0 Å². The van der Waals surface area contributed by atoms with Gasteiger partial charge in [0.2, 0.25) is 0 Å². The Hall–Kier alpha value is -1.43. The summed E-state index contributed by atoms with van der Waals surface area (Å²) >= 11 is 1.51. The number of thioether (sulfide) groups is 1. The van der Waals surface area contributed by atoms with Crippen molar-refractivity contribution < 1.29 is 19.1 Å². The number of allylic oxidation sites excluding steroid dienone is 1. The topological polar surface area (TPSA) is 52.6 Å². The molecule has 0 aromatic heterocycles. The Bertz CT molecular complexity index is 547. The maximum Gasteiger partial charge on any atom is 0.190 e. The Labute approximate surface area is 122 Å². The molecule has 1 aromatic carbocycles. The minimum Gasteiger partial charge on any atom is -0.355 e. The number of benzene rings is 1. The third-order valence-corrected chi connectivity index (χ3v) is 4.09. The summed E-state index contributed by atoms with van der Waals surface area (Å²) in [6, 6.07) is 6.91. The zero-order valence-corrected chi connectivity index (χ0v) is 12.2. The molecule has 0 atom stereocenters. The highest BCUT2D eigenvalue weighted by molar-refractivity contribution is 7.99. The molecular weight excluding hydrogens is 276 g/mol. The van der Waals surface area contributed by atoms with E-state index in [1.54, 1.807) is 38.5 Å². The van der Waals surface area contributed by atoms with Crippen LogP contribution in [0, 0.1) is 0 Å². The van der Waals surface area contributed by atoms with Crippen molar-refractivity contribution >= 4 is 23.3 Å². The summed E-state index contributed by atoms with van der Waals surface area (Å²) in [5.74, 6) is 0.903. The van der Waals surface area contributed by atoms with Gasteiger partial charge in [0.15, 0.2) is 17.9 Å². The van der Waals surface area contributed by atoms with Gasteiger partial charge in [0.25, 0.3) is 0 Å². The van der Waals surface area contributed by atoms with Crippen LogP contribution in [0.5, 0.6) is 0 Å². The number of hydrogen-bond donors (Lipinski definition) is 0. The van der Waals surface area contributed by atoms with Crippen LogP contribution < -0.4 is 0 Å². The maximum absolute atomic E-state index is 12.3. The Morgan fingerprint density at radius 2 is 1.75 bits per heavy atom. The van der Waals surface area contributed by atoms with E-state index in [-0.39, 0.29) is 17.9 Å². The first-order valence-corrected chi connectivity index (χ1v) is 7.34. The number of carbonyl (C=O) groups excluding carboxylic acids is 2.